The van der Waals surface area contributed by atoms with E-state index in [1.165, 1.54) is 10.7 Å². The minimum Gasteiger partial charge on any atom is -0.345 e. The van der Waals surface area contributed by atoms with E-state index < -0.39 is 28.8 Å². The Labute approximate surface area is 158 Å². The van der Waals surface area contributed by atoms with Gasteiger partial charge in [0, 0.05) is 22.8 Å². The third kappa shape index (κ3) is 4.50. The summed E-state index contributed by atoms with van der Waals surface area (Å²) >= 11 is 5.86. The lowest BCUT2D eigenvalue weighted by Crippen LogP contribution is -2.50. The molecule has 1 saturated carbocycles. The first-order valence-corrected chi connectivity index (χ1v) is 8.51. The van der Waals surface area contributed by atoms with Crippen LogP contribution in [0.3, 0.4) is 0 Å². The molecule has 1 aliphatic carbocycles. The molecule has 1 fully saturated rings. The van der Waals surface area contributed by atoms with Crippen LogP contribution in [0.2, 0.25) is 5.02 Å². The molecule has 3 N–H and O–H groups in total. The smallest absolute Gasteiger partial charge is 0.327 e. The van der Waals surface area contributed by atoms with E-state index in [0.29, 0.717) is 16.4 Å². The molecular formula is C17H16ClN5O4. The summed E-state index contributed by atoms with van der Waals surface area (Å²) in [5.74, 6) is -2.82. The maximum atomic E-state index is 12.2. The maximum absolute atomic E-state index is 12.2. The van der Waals surface area contributed by atoms with Crippen LogP contribution in [0.1, 0.15) is 29.0 Å². The number of rotatable bonds is 3. The molecule has 1 aliphatic rings. The van der Waals surface area contributed by atoms with E-state index in [-0.39, 0.29) is 6.04 Å². The zero-order valence-electron chi connectivity index (χ0n) is 14.3. The molecule has 0 unspecified atom stereocenters. The van der Waals surface area contributed by atoms with Crippen molar-refractivity contribution in [2.75, 3.05) is 0 Å². The Balaban J connectivity index is 1.75. The molecule has 1 aromatic carbocycles. The van der Waals surface area contributed by atoms with Gasteiger partial charge in [0.25, 0.3) is 5.91 Å². The summed E-state index contributed by atoms with van der Waals surface area (Å²) in [5, 5.41) is 7.06. The van der Waals surface area contributed by atoms with Gasteiger partial charge in [-0.15, -0.1) is 0 Å². The molecule has 0 spiro atoms. The summed E-state index contributed by atoms with van der Waals surface area (Å²) in [7, 11) is 0. The normalized spacial score (nSPS) is 13.0. The zero-order chi connectivity index (χ0) is 19.6. The maximum Gasteiger partial charge on any atom is 0.327 e. The molecule has 10 heteroatoms. The Morgan fingerprint density at radius 1 is 1.11 bits per heavy atom. The van der Waals surface area contributed by atoms with Crippen LogP contribution < -0.4 is 21.6 Å². The molecule has 0 radical (unpaired) electrons. The van der Waals surface area contributed by atoms with Crippen molar-refractivity contribution in [2.45, 2.75) is 25.8 Å². The van der Waals surface area contributed by atoms with E-state index in [1.54, 1.807) is 31.2 Å². The summed E-state index contributed by atoms with van der Waals surface area (Å²) in [6.45, 7) is 1.66. The Morgan fingerprint density at radius 3 is 2.41 bits per heavy atom. The number of nitrogens with one attached hydrogen (secondary N) is 3. The average molecular weight is 390 g/mol. The number of carbonyl (C=O) groups is 3. The van der Waals surface area contributed by atoms with Crippen molar-refractivity contribution >= 4 is 29.3 Å². The number of benzene rings is 1. The Morgan fingerprint density at radius 2 is 1.78 bits per heavy atom. The van der Waals surface area contributed by atoms with Crippen LogP contribution >= 0.6 is 11.6 Å². The van der Waals surface area contributed by atoms with Crippen LogP contribution in [0, 0.1) is 6.92 Å². The summed E-state index contributed by atoms with van der Waals surface area (Å²) in [5.41, 5.74) is 4.04. The van der Waals surface area contributed by atoms with Crippen molar-refractivity contribution in [3.8, 4) is 5.69 Å². The number of aromatic nitrogens is 2. The molecule has 3 amide bonds. The van der Waals surface area contributed by atoms with Crippen molar-refractivity contribution in [2.24, 2.45) is 0 Å². The van der Waals surface area contributed by atoms with Gasteiger partial charge in [-0.25, -0.2) is 4.68 Å². The topological polar surface area (TPSA) is 122 Å². The minimum atomic E-state index is -1.03. The molecule has 1 aromatic heterocycles. The van der Waals surface area contributed by atoms with Crippen LogP contribution in [-0.4, -0.2) is 33.5 Å². The van der Waals surface area contributed by atoms with Crippen LogP contribution in [0.25, 0.3) is 5.69 Å². The predicted octanol–water partition coefficient (Wildman–Crippen LogP) is 0.234. The highest BCUT2D eigenvalue weighted by molar-refractivity contribution is 6.35. The number of carbonyl (C=O) groups excluding carboxylic acids is 3. The average Bonchev–Trinajstić information content (AvgIpc) is 3.44. The van der Waals surface area contributed by atoms with Crippen LogP contribution in [0.5, 0.6) is 0 Å². The molecule has 1 heterocycles. The predicted molar refractivity (Wildman–Crippen MR) is 96.4 cm³/mol. The number of aryl methyl sites for hydroxylation is 1. The highest BCUT2D eigenvalue weighted by atomic mass is 35.5. The van der Waals surface area contributed by atoms with Crippen LogP contribution in [0.15, 0.2) is 35.1 Å². The first kappa shape index (κ1) is 18.6. The lowest BCUT2D eigenvalue weighted by molar-refractivity contribution is -0.139. The molecule has 140 valence electrons. The van der Waals surface area contributed by atoms with Gasteiger partial charge in [0.1, 0.15) is 0 Å². The fraction of sp³-hybridized carbons (Fsp3) is 0.235. The third-order valence-electron chi connectivity index (χ3n) is 3.80. The molecule has 0 bridgehead atoms. The van der Waals surface area contributed by atoms with E-state index >= 15 is 0 Å². The summed E-state index contributed by atoms with van der Waals surface area (Å²) in [6.07, 6.45) is 1.64. The second-order valence-electron chi connectivity index (χ2n) is 6.04. The molecule has 2 aromatic rings. The minimum absolute atomic E-state index is 0.00398. The molecule has 27 heavy (non-hydrogen) atoms. The number of hydrogen-bond acceptors (Lipinski definition) is 5. The number of hydrazine groups is 1. The number of amides is 3. The third-order valence-corrected chi connectivity index (χ3v) is 4.05. The van der Waals surface area contributed by atoms with Gasteiger partial charge in [0.15, 0.2) is 5.69 Å². The summed E-state index contributed by atoms with van der Waals surface area (Å²) < 4.78 is 1.40. The molecule has 0 aliphatic heterocycles. The molecule has 9 nitrogen and oxygen atoms in total. The monoisotopic (exact) mass is 389 g/mol. The molecular weight excluding hydrogens is 374 g/mol. The lowest BCUT2D eigenvalue weighted by atomic mass is 10.3. The van der Waals surface area contributed by atoms with Crippen molar-refractivity contribution in [1.29, 1.82) is 0 Å². The van der Waals surface area contributed by atoms with Gasteiger partial charge in [0.2, 0.25) is 5.43 Å². The van der Waals surface area contributed by atoms with Crippen molar-refractivity contribution in [1.82, 2.24) is 25.9 Å². The fourth-order valence-corrected chi connectivity index (χ4v) is 2.38. The van der Waals surface area contributed by atoms with Gasteiger partial charge >= 0.3 is 11.8 Å². The second-order valence-corrected chi connectivity index (χ2v) is 6.48. The zero-order valence-corrected chi connectivity index (χ0v) is 15.0. The van der Waals surface area contributed by atoms with Gasteiger partial charge in [-0.05, 0) is 44.0 Å². The highest BCUT2D eigenvalue weighted by Gasteiger charge is 2.26. The molecule has 3 rings (SSSR count). The van der Waals surface area contributed by atoms with Crippen LogP contribution in [-0.2, 0) is 9.59 Å². The summed E-state index contributed by atoms with van der Waals surface area (Å²) in [4.78, 5) is 47.5. The molecule has 0 saturated heterocycles. The number of nitrogens with zero attached hydrogens (tertiary/aromatic N) is 2. The van der Waals surface area contributed by atoms with E-state index in [9.17, 15) is 19.2 Å². The van der Waals surface area contributed by atoms with E-state index in [0.717, 1.165) is 12.8 Å². The van der Waals surface area contributed by atoms with Crippen molar-refractivity contribution < 1.29 is 14.4 Å². The Hall–Kier alpha value is -3.20. The van der Waals surface area contributed by atoms with Gasteiger partial charge < -0.3 is 5.32 Å². The largest absolute Gasteiger partial charge is 0.345 e. The fourth-order valence-electron chi connectivity index (χ4n) is 2.26. The first-order valence-electron chi connectivity index (χ1n) is 8.13. The van der Waals surface area contributed by atoms with Crippen molar-refractivity contribution in [3.63, 3.8) is 0 Å². The molecule has 0 atom stereocenters. The summed E-state index contributed by atoms with van der Waals surface area (Å²) in [6, 6.07) is 7.91. The number of halogens is 1. The van der Waals surface area contributed by atoms with Gasteiger partial charge in [-0.3, -0.25) is 30.0 Å². The van der Waals surface area contributed by atoms with Gasteiger partial charge in [0.05, 0.1) is 5.69 Å². The highest BCUT2D eigenvalue weighted by Crippen LogP contribution is 2.18. The first-order chi connectivity index (χ1) is 12.8. The van der Waals surface area contributed by atoms with E-state index in [1.807, 2.05) is 10.9 Å². The Bertz CT molecular complexity index is 966. The van der Waals surface area contributed by atoms with E-state index in [2.05, 4.69) is 10.4 Å². The van der Waals surface area contributed by atoms with Gasteiger partial charge in [-0.2, -0.15) is 5.10 Å². The standard InChI is InChI=1S/C17H16ClN5O4/c1-9-8-13(24)14(22-23(9)12-6-2-10(18)3-7-12)15(25)20-21-17(27)16(26)19-11-4-5-11/h2-3,6-8,11H,4-5H2,1H3,(H,19,26)(H,20,25)(H,21,27). The number of hydrogen-bond donors (Lipinski definition) is 3. The van der Waals surface area contributed by atoms with Crippen molar-refractivity contribution in [3.05, 3.63) is 57.0 Å². The quantitative estimate of drug-likeness (QED) is 0.512. The SMILES string of the molecule is Cc1cc(=O)c(C(=O)NNC(=O)C(=O)NC2CC2)nn1-c1ccc(Cl)cc1. The van der Waals surface area contributed by atoms with Gasteiger partial charge in [-0.1, -0.05) is 11.6 Å². The van der Waals surface area contributed by atoms with E-state index in [4.69, 9.17) is 11.6 Å². The van der Waals surface area contributed by atoms with Crippen LogP contribution in [0.4, 0.5) is 0 Å². The lowest BCUT2D eigenvalue weighted by Gasteiger charge is -2.12. The second kappa shape index (κ2) is 7.58. The Kier molecular flexibility index (Phi) is 5.22.